The van der Waals surface area contributed by atoms with Crippen molar-refractivity contribution in [1.82, 2.24) is 9.88 Å². The second kappa shape index (κ2) is 10.1. The number of ether oxygens (including phenoxy) is 1. The molecule has 2 heterocycles. The van der Waals surface area contributed by atoms with Crippen molar-refractivity contribution in [2.24, 2.45) is 4.99 Å². The van der Waals surface area contributed by atoms with E-state index in [0.29, 0.717) is 29.0 Å². The molecule has 2 aromatic carbocycles. The van der Waals surface area contributed by atoms with E-state index < -0.39 is 0 Å². The lowest BCUT2D eigenvalue weighted by Crippen LogP contribution is -2.31. The van der Waals surface area contributed by atoms with Gasteiger partial charge in [-0.25, -0.2) is 0 Å². The Hall–Kier alpha value is -3.03. The molecule has 1 aromatic heterocycles. The average molecular weight is 450 g/mol. The molecular weight excluding hydrogens is 422 g/mol. The Bertz CT molecular complexity index is 1190. The van der Waals surface area contributed by atoms with E-state index in [9.17, 15) is 9.59 Å². The third kappa shape index (κ3) is 5.41. The molecule has 7 heteroatoms. The topological polar surface area (TPSA) is 72.7 Å². The van der Waals surface area contributed by atoms with Crippen LogP contribution < -0.4 is 10.1 Å². The number of hydrogen-bond donors (Lipinski definition) is 1. The van der Waals surface area contributed by atoms with Gasteiger partial charge in [-0.1, -0.05) is 29.8 Å². The Kier molecular flexibility index (Phi) is 6.97. The van der Waals surface area contributed by atoms with Crippen LogP contribution in [0.2, 0.25) is 0 Å². The van der Waals surface area contributed by atoms with Gasteiger partial charge in [-0.3, -0.25) is 9.59 Å². The Balaban J connectivity index is 1.51. The number of nitrogens with one attached hydrogen (secondary N) is 1. The molecular formula is C25H27N3O3S. The second-order valence-electron chi connectivity index (χ2n) is 8.08. The standard InChI is InChI=1S/C25H27N3O3S/c1-17-6-3-8-20(12-17)24(30)27-25-28(18(2)16-32-25)15-19-7-4-9-21(13-19)23(29)26-14-22-10-5-11-31-22/h3-4,6-9,12-13,16,22H,5,10-11,14-15H2,1-2H3,(H,26,29)/t22-/m1/s1. The van der Waals surface area contributed by atoms with Gasteiger partial charge < -0.3 is 14.6 Å². The maximum absolute atomic E-state index is 12.7. The zero-order valence-corrected chi connectivity index (χ0v) is 19.2. The summed E-state index contributed by atoms with van der Waals surface area (Å²) in [6.07, 6.45) is 2.15. The fourth-order valence-corrected chi connectivity index (χ4v) is 4.61. The van der Waals surface area contributed by atoms with Crippen LogP contribution in [-0.4, -0.2) is 35.6 Å². The quantitative estimate of drug-likeness (QED) is 0.621. The first-order valence-corrected chi connectivity index (χ1v) is 11.7. The van der Waals surface area contributed by atoms with E-state index >= 15 is 0 Å². The highest BCUT2D eigenvalue weighted by Crippen LogP contribution is 2.13. The number of thiazole rings is 1. The molecule has 3 aromatic rings. The van der Waals surface area contributed by atoms with E-state index in [1.807, 2.05) is 66.3 Å². The van der Waals surface area contributed by atoms with Crippen molar-refractivity contribution < 1.29 is 14.3 Å². The van der Waals surface area contributed by atoms with Crippen molar-refractivity contribution in [1.29, 1.82) is 0 Å². The summed E-state index contributed by atoms with van der Waals surface area (Å²) in [6, 6.07) is 15.0. The molecule has 1 N–H and O–H groups in total. The number of rotatable bonds is 6. The van der Waals surface area contributed by atoms with Crippen LogP contribution in [0.5, 0.6) is 0 Å². The molecule has 1 atom stereocenters. The van der Waals surface area contributed by atoms with Gasteiger partial charge in [-0.2, -0.15) is 4.99 Å². The number of aromatic nitrogens is 1. The number of hydrogen-bond acceptors (Lipinski definition) is 4. The normalized spacial score (nSPS) is 16.3. The van der Waals surface area contributed by atoms with Crippen LogP contribution in [0.25, 0.3) is 0 Å². The molecule has 1 saturated heterocycles. The number of aryl methyl sites for hydroxylation is 2. The monoisotopic (exact) mass is 449 g/mol. The smallest absolute Gasteiger partial charge is 0.279 e. The maximum Gasteiger partial charge on any atom is 0.279 e. The van der Waals surface area contributed by atoms with Gasteiger partial charge >= 0.3 is 0 Å². The summed E-state index contributed by atoms with van der Waals surface area (Å²) in [5.41, 5.74) is 4.20. The first-order chi connectivity index (χ1) is 15.5. The van der Waals surface area contributed by atoms with Gasteiger partial charge in [0.1, 0.15) is 0 Å². The molecule has 0 aliphatic carbocycles. The molecule has 1 aliphatic rings. The Morgan fingerprint density at radius 3 is 2.75 bits per heavy atom. The minimum Gasteiger partial charge on any atom is -0.376 e. The molecule has 166 valence electrons. The lowest BCUT2D eigenvalue weighted by atomic mass is 10.1. The number of nitrogens with zero attached hydrogens (tertiary/aromatic N) is 2. The summed E-state index contributed by atoms with van der Waals surface area (Å²) in [6.45, 7) is 5.78. The van der Waals surface area contributed by atoms with Crippen molar-refractivity contribution in [2.75, 3.05) is 13.2 Å². The summed E-state index contributed by atoms with van der Waals surface area (Å²) >= 11 is 1.44. The van der Waals surface area contributed by atoms with E-state index in [2.05, 4.69) is 10.3 Å². The van der Waals surface area contributed by atoms with Crippen LogP contribution in [-0.2, 0) is 11.3 Å². The molecule has 1 fully saturated rings. The molecule has 1 aliphatic heterocycles. The van der Waals surface area contributed by atoms with Crippen molar-refractivity contribution in [2.45, 2.75) is 39.3 Å². The van der Waals surface area contributed by atoms with Crippen LogP contribution in [0, 0.1) is 13.8 Å². The zero-order chi connectivity index (χ0) is 22.5. The third-order valence-electron chi connectivity index (χ3n) is 5.50. The van der Waals surface area contributed by atoms with Gasteiger partial charge in [0.25, 0.3) is 11.8 Å². The Labute approximate surface area is 191 Å². The number of carbonyl (C=O) groups is 2. The highest BCUT2D eigenvalue weighted by Gasteiger charge is 2.17. The highest BCUT2D eigenvalue weighted by atomic mass is 32.1. The highest BCUT2D eigenvalue weighted by molar-refractivity contribution is 7.07. The number of benzene rings is 2. The molecule has 0 unspecified atom stereocenters. The molecule has 0 saturated carbocycles. The minimum absolute atomic E-state index is 0.103. The van der Waals surface area contributed by atoms with Gasteiger partial charge in [0.2, 0.25) is 0 Å². The lowest BCUT2D eigenvalue weighted by molar-refractivity contribution is 0.0857. The van der Waals surface area contributed by atoms with Gasteiger partial charge in [0, 0.05) is 35.4 Å². The summed E-state index contributed by atoms with van der Waals surface area (Å²) in [4.78, 5) is 30.3. The number of amides is 2. The van der Waals surface area contributed by atoms with Crippen LogP contribution in [0.4, 0.5) is 0 Å². The molecule has 0 bridgehead atoms. The SMILES string of the molecule is Cc1cccc(C(=O)N=c2scc(C)n2Cc2cccc(C(=O)NC[C@H]3CCCO3)c2)c1. The van der Waals surface area contributed by atoms with E-state index in [4.69, 9.17) is 4.74 Å². The summed E-state index contributed by atoms with van der Waals surface area (Å²) in [5, 5.41) is 4.95. The minimum atomic E-state index is -0.258. The van der Waals surface area contributed by atoms with E-state index in [-0.39, 0.29) is 17.9 Å². The molecule has 4 rings (SSSR count). The fraction of sp³-hybridized carbons (Fsp3) is 0.320. The van der Waals surface area contributed by atoms with Crippen molar-refractivity contribution >= 4 is 23.2 Å². The Morgan fingerprint density at radius 2 is 1.97 bits per heavy atom. The van der Waals surface area contributed by atoms with Gasteiger partial charge in [-0.15, -0.1) is 11.3 Å². The van der Waals surface area contributed by atoms with Crippen LogP contribution in [0.3, 0.4) is 0 Å². The second-order valence-corrected chi connectivity index (χ2v) is 8.91. The molecule has 0 radical (unpaired) electrons. The third-order valence-corrected chi connectivity index (χ3v) is 6.48. The summed E-state index contributed by atoms with van der Waals surface area (Å²) in [5.74, 6) is -0.361. The molecule has 2 amide bonds. The largest absolute Gasteiger partial charge is 0.376 e. The van der Waals surface area contributed by atoms with Gasteiger partial charge in [0.05, 0.1) is 12.6 Å². The molecule has 32 heavy (non-hydrogen) atoms. The van der Waals surface area contributed by atoms with E-state index in [1.54, 1.807) is 6.07 Å². The van der Waals surface area contributed by atoms with Crippen LogP contribution in [0.15, 0.2) is 58.9 Å². The van der Waals surface area contributed by atoms with Crippen LogP contribution >= 0.6 is 11.3 Å². The van der Waals surface area contributed by atoms with Crippen LogP contribution in [0.1, 0.15) is 50.4 Å². The zero-order valence-electron chi connectivity index (χ0n) is 18.3. The lowest BCUT2D eigenvalue weighted by Gasteiger charge is -2.12. The van der Waals surface area contributed by atoms with E-state index in [1.165, 1.54) is 11.3 Å². The first kappa shape index (κ1) is 22.2. The number of carbonyl (C=O) groups excluding carboxylic acids is 2. The molecule has 6 nitrogen and oxygen atoms in total. The van der Waals surface area contributed by atoms with Crippen molar-refractivity contribution in [3.63, 3.8) is 0 Å². The summed E-state index contributed by atoms with van der Waals surface area (Å²) in [7, 11) is 0. The predicted molar refractivity (Wildman–Crippen MR) is 125 cm³/mol. The molecule has 0 spiro atoms. The van der Waals surface area contributed by atoms with E-state index in [0.717, 1.165) is 36.3 Å². The predicted octanol–water partition coefficient (Wildman–Crippen LogP) is 3.86. The van der Waals surface area contributed by atoms with Gasteiger partial charge in [-0.05, 0) is 56.5 Å². The van der Waals surface area contributed by atoms with Crippen molar-refractivity contribution in [3.05, 3.63) is 86.7 Å². The maximum atomic E-state index is 12.7. The van der Waals surface area contributed by atoms with Crippen molar-refractivity contribution in [3.8, 4) is 0 Å². The average Bonchev–Trinajstić information content (AvgIpc) is 3.43. The summed E-state index contributed by atoms with van der Waals surface area (Å²) < 4.78 is 7.58. The van der Waals surface area contributed by atoms with Gasteiger partial charge in [0.15, 0.2) is 4.80 Å². The fourth-order valence-electron chi connectivity index (χ4n) is 3.73. The Morgan fingerprint density at radius 1 is 1.16 bits per heavy atom. The first-order valence-electron chi connectivity index (χ1n) is 10.8.